The lowest BCUT2D eigenvalue weighted by Gasteiger charge is -2.19. The van der Waals surface area contributed by atoms with Crippen LogP contribution in [0.3, 0.4) is 0 Å². The molecule has 0 amide bonds. The van der Waals surface area contributed by atoms with Gasteiger partial charge in [0.2, 0.25) is 0 Å². The third-order valence-electron chi connectivity index (χ3n) is 2.36. The topological polar surface area (TPSA) is 85.5 Å². The summed E-state index contributed by atoms with van der Waals surface area (Å²) >= 11 is 0. The van der Waals surface area contributed by atoms with Crippen LogP contribution in [0.2, 0.25) is 0 Å². The lowest BCUT2D eigenvalue weighted by Crippen LogP contribution is -2.40. The molecule has 0 aliphatic carbocycles. The fourth-order valence-corrected chi connectivity index (χ4v) is 1.42. The molecule has 5 heteroatoms. The largest absolute Gasteiger partial charge is 0.491 e. The monoisotopic (exact) mass is 264 g/mol. The maximum Gasteiger partial charge on any atom is 0.119 e. The highest BCUT2D eigenvalue weighted by molar-refractivity contribution is 5.34. The third-order valence-corrected chi connectivity index (χ3v) is 2.36. The van der Waals surface area contributed by atoms with E-state index in [-0.39, 0.29) is 6.61 Å². The summed E-state index contributed by atoms with van der Waals surface area (Å²) in [5.41, 5.74) is -0.229. The molecule has 1 atom stereocenters. The number of aliphatic hydroxyl groups excluding tert-OH is 1. The van der Waals surface area contributed by atoms with Gasteiger partial charge in [0.15, 0.2) is 0 Å². The Bertz CT molecular complexity index is 418. The van der Waals surface area contributed by atoms with Crippen LogP contribution in [-0.4, -0.2) is 41.6 Å². The van der Waals surface area contributed by atoms with Crippen LogP contribution in [0.1, 0.15) is 19.4 Å². The van der Waals surface area contributed by atoms with E-state index in [0.29, 0.717) is 24.4 Å². The molecule has 1 rings (SSSR count). The molecule has 5 nitrogen and oxygen atoms in total. The van der Waals surface area contributed by atoms with Crippen LogP contribution in [0.5, 0.6) is 5.75 Å². The van der Waals surface area contributed by atoms with Crippen LogP contribution in [0, 0.1) is 11.3 Å². The van der Waals surface area contributed by atoms with E-state index < -0.39 is 11.7 Å². The van der Waals surface area contributed by atoms with Crippen molar-refractivity contribution in [2.24, 2.45) is 0 Å². The average molecular weight is 264 g/mol. The Morgan fingerprint density at radius 3 is 2.53 bits per heavy atom. The van der Waals surface area contributed by atoms with Gasteiger partial charge in [0.05, 0.1) is 17.2 Å². The van der Waals surface area contributed by atoms with Crippen LogP contribution < -0.4 is 10.1 Å². The first-order chi connectivity index (χ1) is 8.90. The number of hydrogen-bond donors (Lipinski definition) is 3. The summed E-state index contributed by atoms with van der Waals surface area (Å²) in [5, 5.41) is 30.8. The Kier molecular flexibility index (Phi) is 5.77. The van der Waals surface area contributed by atoms with E-state index in [1.54, 1.807) is 38.1 Å². The zero-order valence-electron chi connectivity index (χ0n) is 11.3. The SMILES string of the molecule is CC(C)(O)CNCC(O)COc1ccc(C#N)cc1. The minimum absolute atomic E-state index is 0.157. The van der Waals surface area contributed by atoms with Crippen LogP contribution >= 0.6 is 0 Å². The van der Waals surface area contributed by atoms with Gasteiger partial charge in [0, 0.05) is 13.1 Å². The average Bonchev–Trinajstić information content (AvgIpc) is 2.35. The van der Waals surface area contributed by atoms with Gasteiger partial charge in [-0.3, -0.25) is 0 Å². The summed E-state index contributed by atoms with van der Waals surface area (Å²) in [5.74, 6) is 0.612. The second-order valence-corrected chi connectivity index (χ2v) is 5.04. The van der Waals surface area contributed by atoms with Gasteiger partial charge in [-0.25, -0.2) is 0 Å². The fraction of sp³-hybridized carbons (Fsp3) is 0.500. The van der Waals surface area contributed by atoms with Crippen molar-refractivity contribution >= 4 is 0 Å². The minimum Gasteiger partial charge on any atom is -0.491 e. The number of ether oxygens (including phenoxy) is 1. The molecule has 0 aromatic heterocycles. The van der Waals surface area contributed by atoms with Crippen LogP contribution in [0.4, 0.5) is 0 Å². The zero-order valence-corrected chi connectivity index (χ0v) is 11.3. The molecule has 0 radical (unpaired) electrons. The molecule has 0 saturated carbocycles. The van der Waals surface area contributed by atoms with Crippen LogP contribution in [0.15, 0.2) is 24.3 Å². The molecule has 1 unspecified atom stereocenters. The van der Waals surface area contributed by atoms with Crippen molar-refractivity contribution in [1.29, 1.82) is 5.26 Å². The van der Waals surface area contributed by atoms with E-state index in [4.69, 9.17) is 10.00 Å². The highest BCUT2D eigenvalue weighted by Gasteiger charge is 2.13. The highest BCUT2D eigenvalue weighted by atomic mass is 16.5. The third kappa shape index (κ3) is 6.77. The molecule has 1 aromatic rings. The minimum atomic E-state index is -0.798. The number of nitriles is 1. The first-order valence-electron chi connectivity index (χ1n) is 6.15. The number of hydrogen-bond acceptors (Lipinski definition) is 5. The summed E-state index contributed by atoms with van der Waals surface area (Å²) in [4.78, 5) is 0. The molecule has 0 heterocycles. The van der Waals surface area contributed by atoms with E-state index in [2.05, 4.69) is 5.32 Å². The molecule has 3 N–H and O–H groups in total. The Morgan fingerprint density at radius 2 is 2.00 bits per heavy atom. The van der Waals surface area contributed by atoms with E-state index in [1.807, 2.05) is 6.07 Å². The molecule has 104 valence electrons. The predicted molar refractivity (Wildman–Crippen MR) is 71.8 cm³/mol. The van der Waals surface area contributed by atoms with Gasteiger partial charge in [-0.05, 0) is 38.1 Å². The maximum absolute atomic E-state index is 9.69. The van der Waals surface area contributed by atoms with Crippen molar-refractivity contribution in [3.8, 4) is 11.8 Å². The number of aliphatic hydroxyl groups is 2. The van der Waals surface area contributed by atoms with E-state index in [0.717, 1.165) is 0 Å². The fourth-order valence-electron chi connectivity index (χ4n) is 1.42. The Hall–Kier alpha value is -1.61. The molecule has 0 saturated heterocycles. The maximum atomic E-state index is 9.69. The second kappa shape index (κ2) is 7.10. The number of rotatable bonds is 7. The Labute approximate surface area is 113 Å². The van der Waals surface area contributed by atoms with Gasteiger partial charge in [-0.1, -0.05) is 0 Å². The first kappa shape index (κ1) is 15.4. The lowest BCUT2D eigenvalue weighted by molar-refractivity contribution is 0.0665. The first-order valence-corrected chi connectivity index (χ1v) is 6.15. The molecule has 1 aromatic carbocycles. The van der Waals surface area contributed by atoms with Gasteiger partial charge in [0.1, 0.15) is 18.5 Å². The quantitative estimate of drug-likeness (QED) is 0.673. The van der Waals surface area contributed by atoms with E-state index in [9.17, 15) is 10.2 Å². The normalized spacial score (nSPS) is 12.8. The summed E-state index contributed by atoms with van der Waals surface area (Å²) in [7, 11) is 0. The smallest absolute Gasteiger partial charge is 0.119 e. The van der Waals surface area contributed by atoms with E-state index >= 15 is 0 Å². The number of nitrogens with zero attached hydrogens (tertiary/aromatic N) is 1. The van der Waals surface area contributed by atoms with Crippen molar-refractivity contribution in [2.45, 2.75) is 25.6 Å². The van der Waals surface area contributed by atoms with Crippen molar-refractivity contribution in [3.05, 3.63) is 29.8 Å². The molecule has 0 bridgehead atoms. The number of benzene rings is 1. The molecule has 0 spiro atoms. The van der Waals surface area contributed by atoms with Crippen molar-refractivity contribution < 1.29 is 14.9 Å². The predicted octanol–water partition coefficient (Wildman–Crippen LogP) is 0.658. The highest BCUT2D eigenvalue weighted by Crippen LogP contribution is 2.11. The summed E-state index contributed by atoms with van der Waals surface area (Å²) < 4.78 is 5.39. The van der Waals surface area contributed by atoms with Gasteiger partial charge in [-0.2, -0.15) is 5.26 Å². The van der Waals surface area contributed by atoms with Gasteiger partial charge < -0.3 is 20.3 Å². The van der Waals surface area contributed by atoms with Gasteiger partial charge >= 0.3 is 0 Å². The van der Waals surface area contributed by atoms with Crippen LogP contribution in [-0.2, 0) is 0 Å². The summed E-state index contributed by atoms with van der Waals surface area (Å²) in [6, 6.07) is 8.72. The molecule has 19 heavy (non-hydrogen) atoms. The molecule has 0 fully saturated rings. The molecule has 0 aliphatic rings. The zero-order chi connectivity index (χ0) is 14.3. The van der Waals surface area contributed by atoms with Crippen molar-refractivity contribution in [1.82, 2.24) is 5.32 Å². The van der Waals surface area contributed by atoms with Gasteiger partial charge in [-0.15, -0.1) is 0 Å². The Morgan fingerprint density at radius 1 is 1.37 bits per heavy atom. The van der Waals surface area contributed by atoms with Crippen LogP contribution in [0.25, 0.3) is 0 Å². The summed E-state index contributed by atoms with van der Waals surface area (Å²) in [6.45, 7) is 4.30. The Balaban J connectivity index is 2.26. The molecular formula is C14H20N2O3. The van der Waals surface area contributed by atoms with Crippen molar-refractivity contribution in [2.75, 3.05) is 19.7 Å². The summed E-state index contributed by atoms with van der Waals surface area (Å²) in [6.07, 6.45) is -0.655. The molecule has 0 aliphatic heterocycles. The van der Waals surface area contributed by atoms with E-state index in [1.165, 1.54) is 0 Å². The number of nitrogens with one attached hydrogen (secondary N) is 1. The standard InChI is InChI=1S/C14H20N2O3/c1-14(2,18)10-16-8-12(17)9-19-13-5-3-11(7-15)4-6-13/h3-6,12,16-18H,8-10H2,1-2H3. The van der Waals surface area contributed by atoms with Crippen molar-refractivity contribution in [3.63, 3.8) is 0 Å². The second-order valence-electron chi connectivity index (χ2n) is 5.04. The van der Waals surface area contributed by atoms with Gasteiger partial charge in [0.25, 0.3) is 0 Å². The lowest BCUT2D eigenvalue weighted by atomic mass is 10.1. The molecular weight excluding hydrogens is 244 g/mol.